The number of halogens is 2. The molecule has 0 fully saturated rings. The Labute approximate surface area is 120 Å². The zero-order valence-corrected chi connectivity index (χ0v) is 11.9. The number of hydrogen-bond donors (Lipinski definition) is 2. The third-order valence-electron chi connectivity index (χ3n) is 2.70. The van der Waals surface area contributed by atoms with Gasteiger partial charge in [0.25, 0.3) is 5.56 Å². The standard InChI is InChI=1S/C13H12Cl2N2O2/c1-6(2)10-12(18)16-11(17-13(10)19)8-4-3-7(14)5-9(8)15/h3-6H,1-2H3,(H2,16,17,18,19). The highest BCUT2D eigenvalue weighted by atomic mass is 35.5. The third-order valence-corrected chi connectivity index (χ3v) is 3.25. The number of nitrogens with zero attached hydrogens (tertiary/aromatic N) is 1. The van der Waals surface area contributed by atoms with E-state index >= 15 is 0 Å². The van der Waals surface area contributed by atoms with Crippen LogP contribution in [0.2, 0.25) is 10.0 Å². The number of aromatic amines is 1. The Kier molecular flexibility index (Phi) is 3.83. The van der Waals surface area contributed by atoms with Gasteiger partial charge in [-0.15, -0.1) is 0 Å². The minimum absolute atomic E-state index is 0.119. The first kappa shape index (κ1) is 13.9. The molecular formula is C13H12Cl2N2O2. The van der Waals surface area contributed by atoms with E-state index in [1.165, 1.54) is 0 Å². The van der Waals surface area contributed by atoms with E-state index in [0.29, 0.717) is 15.6 Å². The lowest BCUT2D eigenvalue weighted by Crippen LogP contribution is -2.16. The van der Waals surface area contributed by atoms with Gasteiger partial charge in [0.2, 0.25) is 5.88 Å². The van der Waals surface area contributed by atoms with E-state index in [4.69, 9.17) is 23.2 Å². The van der Waals surface area contributed by atoms with Crippen LogP contribution in [-0.2, 0) is 0 Å². The van der Waals surface area contributed by atoms with Gasteiger partial charge in [0, 0.05) is 10.6 Å². The highest BCUT2D eigenvalue weighted by molar-refractivity contribution is 6.36. The summed E-state index contributed by atoms with van der Waals surface area (Å²) in [6.45, 7) is 3.61. The van der Waals surface area contributed by atoms with Crippen molar-refractivity contribution >= 4 is 23.2 Å². The summed E-state index contributed by atoms with van der Waals surface area (Å²) in [5.74, 6) is -0.181. The van der Waals surface area contributed by atoms with E-state index in [0.717, 1.165) is 0 Å². The molecule has 0 bridgehead atoms. The lowest BCUT2D eigenvalue weighted by molar-refractivity contribution is 0.440. The van der Waals surface area contributed by atoms with Crippen molar-refractivity contribution in [2.24, 2.45) is 0 Å². The van der Waals surface area contributed by atoms with Gasteiger partial charge in [0.1, 0.15) is 5.82 Å². The average molecular weight is 299 g/mol. The van der Waals surface area contributed by atoms with Crippen LogP contribution in [0.25, 0.3) is 11.4 Å². The van der Waals surface area contributed by atoms with E-state index in [-0.39, 0.29) is 28.7 Å². The van der Waals surface area contributed by atoms with Crippen molar-refractivity contribution in [1.82, 2.24) is 9.97 Å². The third kappa shape index (κ3) is 2.74. The Bertz CT molecular complexity index is 681. The van der Waals surface area contributed by atoms with Crippen LogP contribution in [0.1, 0.15) is 25.3 Å². The van der Waals surface area contributed by atoms with E-state index in [1.807, 2.05) is 0 Å². The van der Waals surface area contributed by atoms with E-state index < -0.39 is 0 Å². The van der Waals surface area contributed by atoms with Crippen LogP contribution in [0.15, 0.2) is 23.0 Å². The lowest BCUT2D eigenvalue weighted by Gasteiger charge is -2.09. The van der Waals surface area contributed by atoms with Crippen LogP contribution in [0, 0.1) is 0 Å². The normalized spacial score (nSPS) is 11.0. The van der Waals surface area contributed by atoms with Crippen LogP contribution >= 0.6 is 23.2 Å². The molecule has 0 saturated heterocycles. The Morgan fingerprint density at radius 2 is 2.00 bits per heavy atom. The van der Waals surface area contributed by atoms with Crippen molar-refractivity contribution in [3.8, 4) is 17.3 Å². The highest BCUT2D eigenvalue weighted by Crippen LogP contribution is 2.29. The molecule has 0 aliphatic heterocycles. The molecule has 2 N–H and O–H groups in total. The second-order valence-corrected chi connectivity index (χ2v) is 5.27. The minimum atomic E-state index is -0.372. The molecule has 19 heavy (non-hydrogen) atoms. The zero-order valence-electron chi connectivity index (χ0n) is 10.4. The van der Waals surface area contributed by atoms with Crippen molar-refractivity contribution in [1.29, 1.82) is 0 Å². The number of aromatic hydroxyl groups is 1. The number of aromatic nitrogens is 2. The molecular weight excluding hydrogens is 287 g/mol. The minimum Gasteiger partial charge on any atom is -0.493 e. The predicted molar refractivity (Wildman–Crippen MR) is 76.1 cm³/mol. The van der Waals surface area contributed by atoms with Gasteiger partial charge in [-0.1, -0.05) is 37.0 Å². The maximum atomic E-state index is 11.9. The van der Waals surface area contributed by atoms with Crippen molar-refractivity contribution in [2.75, 3.05) is 0 Å². The Morgan fingerprint density at radius 3 is 2.53 bits per heavy atom. The summed E-state index contributed by atoms with van der Waals surface area (Å²) in [4.78, 5) is 18.5. The molecule has 0 unspecified atom stereocenters. The van der Waals surface area contributed by atoms with Gasteiger partial charge in [-0.3, -0.25) is 4.79 Å². The first-order valence-electron chi connectivity index (χ1n) is 5.68. The molecule has 0 spiro atoms. The molecule has 0 atom stereocenters. The number of benzene rings is 1. The van der Waals surface area contributed by atoms with Gasteiger partial charge in [-0.25, -0.2) is 0 Å². The maximum Gasteiger partial charge on any atom is 0.258 e. The number of rotatable bonds is 2. The summed E-state index contributed by atoms with van der Waals surface area (Å²) in [7, 11) is 0. The molecule has 1 aromatic heterocycles. The SMILES string of the molecule is CC(C)c1c(O)nc(-c2ccc(Cl)cc2Cl)[nH]c1=O. The number of H-pyrrole nitrogens is 1. The Morgan fingerprint density at radius 1 is 1.32 bits per heavy atom. The molecule has 0 saturated carbocycles. The zero-order chi connectivity index (χ0) is 14.2. The summed E-state index contributed by atoms with van der Waals surface area (Å²) in [6, 6.07) is 4.82. The molecule has 0 amide bonds. The molecule has 0 radical (unpaired) electrons. The fourth-order valence-electron chi connectivity index (χ4n) is 1.80. The predicted octanol–water partition coefficient (Wildman–Crippen LogP) is 3.57. The fourth-order valence-corrected chi connectivity index (χ4v) is 2.30. The molecule has 6 heteroatoms. The number of hydrogen-bond acceptors (Lipinski definition) is 3. The molecule has 4 nitrogen and oxygen atoms in total. The van der Waals surface area contributed by atoms with Crippen molar-refractivity contribution in [2.45, 2.75) is 19.8 Å². The monoisotopic (exact) mass is 298 g/mol. The van der Waals surface area contributed by atoms with Gasteiger partial charge in [-0.2, -0.15) is 4.98 Å². The quantitative estimate of drug-likeness (QED) is 0.891. The average Bonchev–Trinajstić information content (AvgIpc) is 2.26. The molecule has 2 rings (SSSR count). The number of nitrogens with one attached hydrogen (secondary N) is 1. The molecule has 0 aliphatic carbocycles. The first-order valence-corrected chi connectivity index (χ1v) is 6.44. The molecule has 2 aromatic rings. The van der Waals surface area contributed by atoms with Crippen LogP contribution < -0.4 is 5.56 Å². The van der Waals surface area contributed by atoms with Gasteiger partial charge < -0.3 is 10.1 Å². The first-order chi connectivity index (χ1) is 8.90. The van der Waals surface area contributed by atoms with E-state index in [2.05, 4.69) is 9.97 Å². The van der Waals surface area contributed by atoms with Crippen LogP contribution in [0.3, 0.4) is 0 Å². The smallest absolute Gasteiger partial charge is 0.258 e. The summed E-state index contributed by atoms with van der Waals surface area (Å²) < 4.78 is 0. The van der Waals surface area contributed by atoms with Crippen LogP contribution in [-0.4, -0.2) is 15.1 Å². The van der Waals surface area contributed by atoms with Gasteiger partial charge in [-0.05, 0) is 24.1 Å². The second-order valence-electron chi connectivity index (χ2n) is 4.43. The van der Waals surface area contributed by atoms with Gasteiger partial charge in [0.05, 0.1) is 10.6 Å². The molecule has 100 valence electrons. The fraction of sp³-hybridized carbons (Fsp3) is 0.231. The summed E-state index contributed by atoms with van der Waals surface area (Å²) >= 11 is 11.9. The van der Waals surface area contributed by atoms with E-state index in [1.54, 1.807) is 32.0 Å². The Hall–Kier alpha value is -1.52. The van der Waals surface area contributed by atoms with Crippen molar-refractivity contribution in [3.63, 3.8) is 0 Å². The molecule has 0 aliphatic rings. The second kappa shape index (κ2) is 5.23. The maximum absolute atomic E-state index is 11.9. The van der Waals surface area contributed by atoms with Gasteiger partial charge >= 0.3 is 0 Å². The van der Waals surface area contributed by atoms with Crippen molar-refractivity contribution in [3.05, 3.63) is 44.2 Å². The molecule has 1 heterocycles. The highest BCUT2D eigenvalue weighted by Gasteiger charge is 2.16. The summed E-state index contributed by atoms with van der Waals surface area (Å²) in [5.41, 5.74) is 0.395. The largest absolute Gasteiger partial charge is 0.493 e. The van der Waals surface area contributed by atoms with Crippen LogP contribution in [0.5, 0.6) is 5.88 Å². The Balaban J connectivity index is 2.62. The van der Waals surface area contributed by atoms with Gasteiger partial charge in [0.15, 0.2) is 0 Å². The molecule has 1 aromatic carbocycles. The lowest BCUT2D eigenvalue weighted by atomic mass is 10.1. The summed E-state index contributed by atoms with van der Waals surface area (Å²) in [6.07, 6.45) is 0. The topological polar surface area (TPSA) is 66.0 Å². The summed E-state index contributed by atoms with van der Waals surface area (Å²) in [5, 5.41) is 10.7. The van der Waals surface area contributed by atoms with Crippen molar-refractivity contribution < 1.29 is 5.11 Å². The van der Waals surface area contributed by atoms with E-state index in [9.17, 15) is 9.90 Å². The van der Waals surface area contributed by atoms with Crippen LogP contribution in [0.4, 0.5) is 0 Å².